The Hall–Kier alpha value is -1.46. The van der Waals surface area contributed by atoms with Gasteiger partial charge >= 0.3 is 0 Å². The summed E-state index contributed by atoms with van der Waals surface area (Å²) >= 11 is 0. The Kier molecular flexibility index (Phi) is 6.75. The second-order valence-corrected chi connectivity index (χ2v) is 6.77. The zero-order valence-corrected chi connectivity index (χ0v) is 14.9. The highest BCUT2D eigenvalue weighted by molar-refractivity contribution is 5.85. The molecule has 2 aliphatic rings. The van der Waals surface area contributed by atoms with Crippen LogP contribution in [0.15, 0.2) is 24.3 Å². The highest BCUT2D eigenvalue weighted by atomic mass is 35.5. The summed E-state index contributed by atoms with van der Waals surface area (Å²) in [5.41, 5.74) is 7.02. The number of phenols is 1. The van der Waals surface area contributed by atoms with Crippen molar-refractivity contribution in [3.63, 3.8) is 0 Å². The van der Waals surface area contributed by atoms with Gasteiger partial charge in [-0.25, -0.2) is 0 Å². The van der Waals surface area contributed by atoms with Crippen molar-refractivity contribution in [3.05, 3.63) is 24.3 Å². The Bertz CT molecular complexity index is 547. The third-order valence-electron chi connectivity index (χ3n) is 5.26. The van der Waals surface area contributed by atoms with Crippen molar-refractivity contribution in [2.24, 2.45) is 11.7 Å². The van der Waals surface area contributed by atoms with Crippen molar-refractivity contribution < 1.29 is 9.90 Å². The molecule has 1 aliphatic heterocycles. The van der Waals surface area contributed by atoms with Crippen LogP contribution in [0.4, 0.5) is 5.69 Å². The van der Waals surface area contributed by atoms with Crippen molar-refractivity contribution in [1.29, 1.82) is 0 Å². The second-order valence-electron chi connectivity index (χ2n) is 6.77. The molecule has 1 saturated heterocycles. The molecule has 0 aromatic heterocycles. The molecule has 1 aliphatic carbocycles. The Balaban J connectivity index is 0.00000208. The number of halogens is 1. The minimum Gasteiger partial charge on any atom is -0.506 e. The van der Waals surface area contributed by atoms with Gasteiger partial charge in [0, 0.05) is 38.6 Å². The number of hydrogen-bond donors (Lipinski definition) is 2. The number of para-hydroxylation sites is 2. The van der Waals surface area contributed by atoms with E-state index in [0.29, 0.717) is 18.1 Å². The smallest absolute Gasteiger partial charge is 0.223 e. The summed E-state index contributed by atoms with van der Waals surface area (Å²) in [4.78, 5) is 16.6. The number of hydrogen-bond acceptors (Lipinski definition) is 4. The molecule has 1 amide bonds. The molecule has 2 unspecified atom stereocenters. The lowest BCUT2D eigenvalue weighted by Crippen LogP contribution is -2.49. The molecule has 3 rings (SSSR count). The Morgan fingerprint density at radius 1 is 1.12 bits per heavy atom. The predicted octanol–water partition coefficient (Wildman–Crippen LogP) is 2.37. The molecule has 2 atom stereocenters. The van der Waals surface area contributed by atoms with Gasteiger partial charge in [0.25, 0.3) is 0 Å². The average Bonchev–Trinajstić information content (AvgIpc) is 2.57. The van der Waals surface area contributed by atoms with Gasteiger partial charge < -0.3 is 20.6 Å². The maximum absolute atomic E-state index is 12.5. The van der Waals surface area contributed by atoms with Gasteiger partial charge in [-0.1, -0.05) is 25.0 Å². The molecule has 0 spiro atoms. The lowest BCUT2D eigenvalue weighted by atomic mass is 9.82. The first kappa shape index (κ1) is 18.9. The number of anilines is 1. The highest BCUT2D eigenvalue weighted by Gasteiger charge is 2.28. The first-order chi connectivity index (χ1) is 11.1. The summed E-state index contributed by atoms with van der Waals surface area (Å²) in [6.45, 7) is 2.96. The maximum Gasteiger partial charge on any atom is 0.223 e. The monoisotopic (exact) mass is 353 g/mol. The number of rotatable bonds is 3. The summed E-state index contributed by atoms with van der Waals surface area (Å²) in [6, 6.07) is 7.57. The van der Waals surface area contributed by atoms with Crippen LogP contribution in [0.1, 0.15) is 32.1 Å². The van der Waals surface area contributed by atoms with E-state index in [0.717, 1.165) is 44.7 Å². The third kappa shape index (κ3) is 4.33. The van der Waals surface area contributed by atoms with E-state index in [1.165, 1.54) is 12.8 Å². The number of nitrogens with two attached hydrogens (primary N) is 1. The van der Waals surface area contributed by atoms with Crippen LogP contribution >= 0.6 is 12.4 Å². The van der Waals surface area contributed by atoms with Crippen LogP contribution in [-0.2, 0) is 4.79 Å². The molecule has 6 heteroatoms. The maximum atomic E-state index is 12.5. The van der Waals surface area contributed by atoms with Gasteiger partial charge in [0.2, 0.25) is 5.91 Å². The summed E-state index contributed by atoms with van der Waals surface area (Å²) < 4.78 is 0. The largest absolute Gasteiger partial charge is 0.506 e. The van der Waals surface area contributed by atoms with Crippen LogP contribution < -0.4 is 10.6 Å². The standard InChI is InChI=1S/C18H27N3O2.ClH/c19-15-6-2-1-5-14(15)13-18(23)21-11-9-20(10-12-21)16-7-3-4-8-17(16)22;/h3-4,7-8,14-15,22H,1-2,5-6,9-13,19H2;1H. The SMILES string of the molecule is Cl.NC1CCCCC1CC(=O)N1CCN(c2ccccc2O)CC1. The van der Waals surface area contributed by atoms with E-state index >= 15 is 0 Å². The Morgan fingerprint density at radius 2 is 1.79 bits per heavy atom. The van der Waals surface area contributed by atoms with E-state index in [1.807, 2.05) is 23.1 Å². The van der Waals surface area contributed by atoms with Gasteiger partial charge in [-0.2, -0.15) is 0 Å². The molecular formula is C18H28ClN3O2. The molecule has 134 valence electrons. The van der Waals surface area contributed by atoms with E-state index in [9.17, 15) is 9.90 Å². The zero-order chi connectivity index (χ0) is 16.2. The minimum atomic E-state index is 0. The number of aromatic hydroxyl groups is 1. The van der Waals surface area contributed by atoms with Crippen molar-refractivity contribution in [3.8, 4) is 5.75 Å². The quantitative estimate of drug-likeness (QED) is 0.875. The van der Waals surface area contributed by atoms with Crippen LogP contribution in [-0.4, -0.2) is 48.1 Å². The number of carbonyl (C=O) groups excluding carboxylic acids is 1. The lowest BCUT2D eigenvalue weighted by molar-refractivity contribution is -0.132. The van der Waals surface area contributed by atoms with E-state index in [4.69, 9.17) is 5.73 Å². The summed E-state index contributed by atoms with van der Waals surface area (Å²) in [6.07, 6.45) is 5.14. The fraction of sp³-hybridized carbons (Fsp3) is 0.611. The summed E-state index contributed by atoms with van der Waals surface area (Å²) in [5, 5.41) is 9.95. The number of benzene rings is 1. The number of phenolic OH excluding ortho intramolecular Hbond substituents is 1. The molecule has 0 radical (unpaired) electrons. The average molecular weight is 354 g/mol. The molecule has 1 aromatic rings. The Morgan fingerprint density at radius 3 is 2.46 bits per heavy atom. The van der Waals surface area contributed by atoms with Crippen molar-refractivity contribution in [2.45, 2.75) is 38.1 Å². The predicted molar refractivity (Wildman–Crippen MR) is 98.7 cm³/mol. The van der Waals surface area contributed by atoms with E-state index < -0.39 is 0 Å². The molecule has 0 bridgehead atoms. The number of amides is 1. The summed E-state index contributed by atoms with van der Waals surface area (Å²) in [7, 11) is 0. The Labute approximate surface area is 150 Å². The number of carbonyl (C=O) groups is 1. The fourth-order valence-corrected chi connectivity index (χ4v) is 3.77. The normalized spacial score (nSPS) is 24.4. The van der Waals surface area contributed by atoms with E-state index in [-0.39, 0.29) is 24.4 Å². The third-order valence-corrected chi connectivity index (χ3v) is 5.26. The first-order valence-electron chi connectivity index (χ1n) is 8.71. The van der Waals surface area contributed by atoms with Gasteiger partial charge in [0.15, 0.2) is 0 Å². The van der Waals surface area contributed by atoms with Crippen LogP contribution in [0.3, 0.4) is 0 Å². The minimum absolute atomic E-state index is 0. The van der Waals surface area contributed by atoms with Crippen LogP contribution in [0.5, 0.6) is 5.75 Å². The zero-order valence-electron chi connectivity index (χ0n) is 14.1. The van der Waals surface area contributed by atoms with Gasteiger partial charge in [-0.05, 0) is 30.9 Å². The summed E-state index contributed by atoms with van der Waals surface area (Å²) in [5.74, 6) is 0.900. The molecule has 1 aromatic carbocycles. The molecule has 2 fully saturated rings. The van der Waals surface area contributed by atoms with Crippen molar-refractivity contribution in [1.82, 2.24) is 4.90 Å². The van der Waals surface area contributed by atoms with Gasteiger partial charge in [0.05, 0.1) is 5.69 Å². The van der Waals surface area contributed by atoms with Gasteiger partial charge in [-0.3, -0.25) is 4.79 Å². The van der Waals surface area contributed by atoms with E-state index in [2.05, 4.69) is 4.90 Å². The van der Waals surface area contributed by atoms with Gasteiger partial charge in [0.1, 0.15) is 5.75 Å². The molecule has 1 saturated carbocycles. The van der Waals surface area contributed by atoms with Crippen LogP contribution in [0.2, 0.25) is 0 Å². The second kappa shape index (κ2) is 8.58. The molecule has 5 nitrogen and oxygen atoms in total. The first-order valence-corrected chi connectivity index (χ1v) is 8.71. The van der Waals surface area contributed by atoms with Crippen molar-refractivity contribution in [2.75, 3.05) is 31.1 Å². The van der Waals surface area contributed by atoms with Gasteiger partial charge in [-0.15, -0.1) is 12.4 Å². The number of nitrogens with zero attached hydrogens (tertiary/aromatic N) is 2. The van der Waals surface area contributed by atoms with Crippen LogP contribution in [0, 0.1) is 5.92 Å². The molecule has 1 heterocycles. The van der Waals surface area contributed by atoms with Crippen molar-refractivity contribution >= 4 is 24.0 Å². The highest BCUT2D eigenvalue weighted by Crippen LogP contribution is 2.29. The number of piperazine rings is 1. The lowest BCUT2D eigenvalue weighted by Gasteiger charge is -2.37. The topological polar surface area (TPSA) is 69.8 Å². The van der Waals surface area contributed by atoms with Crippen LogP contribution in [0.25, 0.3) is 0 Å². The molecule has 24 heavy (non-hydrogen) atoms. The molecular weight excluding hydrogens is 326 g/mol. The van der Waals surface area contributed by atoms with E-state index in [1.54, 1.807) is 6.07 Å². The fourth-order valence-electron chi connectivity index (χ4n) is 3.77. The molecule has 3 N–H and O–H groups in total.